The fourth-order valence-corrected chi connectivity index (χ4v) is 4.82. The first-order chi connectivity index (χ1) is 15.6. The molecule has 0 spiro atoms. The lowest BCUT2D eigenvalue weighted by Gasteiger charge is -2.36. The van der Waals surface area contributed by atoms with E-state index >= 15 is 0 Å². The number of benzene rings is 2. The van der Waals surface area contributed by atoms with Gasteiger partial charge in [-0.2, -0.15) is 0 Å². The number of fused-ring (bicyclic) bond motifs is 1. The summed E-state index contributed by atoms with van der Waals surface area (Å²) in [6.07, 6.45) is 1.31. The Balaban J connectivity index is 1.33. The van der Waals surface area contributed by atoms with Crippen LogP contribution in [0.2, 0.25) is 0 Å². The van der Waals surface area contributed by atoms with Crippen LogP contribution in [0.4, 0.5) is 11.6 Å². The maximum Gasteiger partial charge on any atom is 0.225 e. The minimum atomic E-state index is 0.161. The minimum absolute atomic E-state index is 0.161. The van der Waals surface area contributed by atoms with Gasteiger partial charge in [-0.25, -0.2) is 9.97 Å². The maximum absolute atomic E-state index is 12.9. The molecule has 3 aromatic rings. The van der Waals surface area contributed by atoms with Gasteiger partial charge in [0.25, 0.3) is 0 Å². The van der Waals surface area contributed by atoms with Gasteiger partial charge in [0.2, 0.25) is 5.95 Å². The van der Waals surface area contributed by atoms with Crippen LogP contribution >= 0.6 is 0 Å². The number of aryl methyl sites for hydroxylation is 1. The summed E-state index contributed by atoms with van der Waals surface area (Å²) in [7, 11) is 1.68. The summed E-state index contributed by atoms with van der Waals surface area (Å²) in [5, 5.41) is 0. The van der Waals surface area contributed by atoms with Crippen molar-refractivity contribution >= 4 is 17.4 Å². The standard InChI is InChI=1S/C26H28N4O2/c1-18-25-23(16-20(17-24(25)31)19-6-4-3-5-7-19)28-26(27-18)30-14-12-29(13-15-30)21-8-10-22(32-2)11-9-21/h3-11,20H,12-17H2,1-2H3/t20-/m1/s1. The number of nitrogens with zero attached hydrogens (tertiary/aromatic N) is 4. The van der Waals surface area contributed by atoms with Crippen molar-refractivity contribution in [2.45, 2.75) is 25.7 Å². The van der Waals surface area contributed by atoms with E-state index in [2.05, 4.69) is 34.1 Å². The monoisotopic (exact) mass is 428 g/mol. The molecule has 32 heavy (non-hydrogen) atoms. The zero-order chi connectivity index (χ0) is 22.1. The fraction of sp³-hybridized carbons (Fsp3) is 0.346. The van der Waals surface area contributed by atoms with Gasteiger partial charge in [0.05, 0.1) is 24.1 Å². The molecular weight excluding hydrogens is 400 g/mol. The van der Waals surface area contributed by atoms with Crippen molar-refractivity contribution < 1.29 is 9.53 Å². The number of ketones is 1. The molecule has 6 nitrogen and oxygen atoms in total. The van der Waals surface area contributed by atoms with E-state index in [0.717, 1.165) is 61.2 Å². The zero-order valence-corrected chi connectivity index (χ0v) is 18.6. The highest BCUT2D eigenvalue weighted by molar-refractivity contribution is 5.99. The van der Waals surface area contributed by atoms with Crippen LogP contribution in [0.15, 0.2) is 54.6 Å². The van der Waals surface area contributed by atoms with E-state index in [4.69, 9.17) is 14.7 Å². The third-order valence-electron chi connectivity index (χ3n) is 6.57. The summed E-state index contributed by atoms with van der Waals surface area (Å²) >= 11 is 0. The normalized spacial score (nSPS) is 18.4. The third-order valence-corrected chi connectivity index (χ3v) is 6.57. The molecule has 0 radical (unpaired) electrons. The van der Waals surface area contributed by atoms with Crippen LogP contribution in [0.5, 0.6) is 5.75 Å². The van der Waals surface area contributed by atoms with E-state index in [1.165, 1.54) is 11.3 Å². The van der Waals surface area contributed by atoms with Gasteiger partial charge < -0.3 is 14.5 Å². The SMILES string of the molecule is COc1ccc(N2CCN(c3nc(C)c4c(n3)C[C@@H](c3ccccc3)CC4=O)CC2)cc1. The zero-order valence-electron chi connectivity index (χ0n) is 18.6. The molecule has 2 aliphatic rings. The van der Waals surface area contributed by atoms with E-state index < -0.39 is 0 Å². The topological polar surface area (TPSA) is 58.6 Å². The predicted molar refractivity (Wildman–Crippen MR) is 126 cm³/mol. The molecule has 0 saturated carbocycles. The highest BCUT2D eigenvalue weighted by atomic mass is 16.5. The largest absolute Gasteiger partial charge is 0.497 e. The van der Waals surface area contributed by atoms with Crippen molar-refractivity contribution in [3.63, 3.8) is 0 Å². The molecule has 0 N–H and O–H groups in total. The van der Waals surface area contributed by atoms with Gasteiger partial charge in [-0.05, 0) is 49.1 Å². The van der Waals surface area contributed by atoms with Crippen molar-refractivity contribution in [3.05, 3.63) is 77.1 Å². The Kier molecular flexibility index (Phi) is 5.52. The van der Waals surface area contributed by atoms with Gasteiger partial charge in [-0.3, -0.25) is 4.79 Å². The number of hydrogen-bond donors (Lipinski definition) is 0. The number of methoxy groups -OCH3 is 1. The average Bonchev–Trinajstić information content (AvgIpc) is 2.84. The van der Waals surface area contributed by atoms with Crippen LogP contribution in [0.3, 0.4) is 0 Å². The number of carbonyl (C=O) groups is 1. The molecule has 2 heterocycles. The molecular formula is C26H28N4O2. The molecule has 1 atom stereocenters. The van der Waals surface area contributed by atoms with Gasteiger partial charge in [-0.15, -0.1) is 0 Å². The first-order valence-electron chi connectivity index (χ1n) is 11.2. The minimum Gasteiger partial charge on any atom is -0.497 e. The quantitative estimate of drug-likeness (QED) is 0.625. The summed E-state index contributed by atoms with van der Waals surface area (Å²) in [6, 6.07) is 18.5. The molecule has 5 rings (SSSR count). The Labute approximate surface area is 188 Å². The van der Waals surface area contributed by atoms with E-state index in [9.17, 15) is 4.79 Å². The number of aromatic nitrogens is 2. The lowest BCUT2D eigenvalue weighted by molar-refractivity contribution is 0.0962. The molecule has 1 aromatic heterocycles. The van der Waals surface area contributed by atoms with Gasteiger partial charge in [0, 0.05) is 38.3 Å². The van der Waals surface area contributed by atoms with Gasteiger partial charge in [0.1, 0.15) is 5.75 Å². The Morgan fingerprint density at radius 2 is 1.56 bits per heavy atom. The highest BCUT2D eigenvalue weighted by Crippen LogP contribution is 2.34. The van der Waals surface area contributed by atoms with E-state index in [0.29, 0.717) is 6.42 Å². The van der Waals surface area contributed by atoms with Crippen molar-refractivity contribution in [2.24, 2.45) is 0 Å². The first-order valence-corrected chi connectivity index (χ1v) is 11.2. The first kappa shape index (κ1) is 20.5. The van der Waals surface area contributed by atoms with Gasteiger partial charge >= 0.3 is 0 Å². The Morgan fingerprint density at radius 3 is 2.25 bits per heavy atom. The van der Waals surface area contributed by atoms with Crippen molar-refractivity contribution in [1.29, 1.82) is 0 Å². The van der Waals surface area contributed by atoms with E-state index in [1.807, 2.05) is 37.3 Å². The second-order valence-corrected chi connectivity index (χ2v) is 8.54. The van der Waals surface area contributed by atoms with Crippen molar-refractivity contribution in [2.75, 3.05) is 43.1 Å². The highest BCUT2D eigenvalue weighted by Gasteiger charge is 2.31. The summed E-state index contributed by atoms with van der Waals surface area (Å²) < 4.78 is 5.26. The van der Waals surface area contributed by atoms with Gasteiger partial charge in [-0.1, -0.05) is 30.3 Å². The molecule has 1 aliphatic carbocycles. The van der Waals surface area contributed by atoms with Crippen LogP contribution < -0.4 is 14.5 Å². The van der Waals surface area contributed by atoms with Gasteiger partial charge in [0.15, 0.2) is 5.78 Å². The lowest BCUT2D eigenvalue weighted by Crippen LogP contribution is -2.47. The van der Waals surface area contributed by atoms with Crippen molar-refractivity contribution in [3.8, 4) is 5.75 Å². The van der Waals surface area contributed by atoms with Crippen LogP contribution in [0, 0.1) is 6.92 Å². The molecule has 2 aromatic carbocycles. The van der Waals surface area contributed by atoms with Crippen LogP contribution in [0.25, 0.3) is 0 Å². The molecule has 1 aliphatic heterocycles. The number of anilines is 2. The predicted octanol–water partition coefficient (Wildman–Crippen LogP) is 4.03. The third kappa shape index (κ3) is 3.93. The molecule has 164 valence electrons. The number of Topliss-reactive ketones (excluding diaryl/α,β-unsaturated/α-hetero) is 1. The molecule has 6 heteroatoms. The summed E-state index contributed by atoms with van der Waals surface area (Å²) in [6.45, 7) is 5.44. The molecule has 0 amide bonds. The summed E-state index contributed by atoms with van der Waals surface area (Å²) in [5.74, 6) is 1.96. The Bertz CT molecular complexity index is 1110. The van der Waals surface area contributed by atoms with Crippen molar-refractivity contribution in [1.82, 2.24) is 9.97 Å². The number of carbonyl (C=O) groups excluding carboxylic acids is 1. The van der Waals surface area contributed by atoms with E-state index in [1.54, 1.807) is 7.11 Å². The summed E-state index contributed by atoms with van der Waals surface area (Å²) in [5.41, 5.74) is 4.84. The average molecular weight is 429 g/mol. The summed E-state index contributed by atoms with van der Waals surface area (Å²) in [4.78, 5) is 27.2. The number of hydrogen-bond acceptors (Lipinski definition) is 6. The second-order valence-electron chi connectivity index (χ2n) is 8.54. The molecule has 0 bridgehead atoms. The number of piperazine rings is 1. The maximum atomic E-state index is 12.9. The van der Waals surface area contributed by atoms with Crippen LogP contribution in [0.1, 0.15) is 39.6 Å². The molecule has 1 fully saturated rings. The number of ether oxygens (including phenoxy) is 1. The molecule has 0 unspecified atom stereocenters. The molecule has 1 saturated heterocycles. The fourth-order valence-electron chi connectivity index (χ4n) is 4.82. The smallest absolute Gasteiger partial charge is 0.225 e. The Hall–Kier alpha value is -3.41. The Morgan fingerprint density at radius 1 is 0.875 bits per heavy atom. The van der Waals surface area contributed by atoms with Crippen LogP contribution in [-0.4, -0.2) is 49.0 Å². The van der Waals surface area contributed by atoms with Crippen LogP contribution in [-0.2, 0) is 6.42 Å². The number of rotatable bonds is 4. The van der Waals surface area contributed by atoms with E-state index in [-0.39, 0.29) is 11.7 Å². The lowest BCUT2D eigenvalue weighted by atomic mass is 9.81. The second kappa shape index (κ2) is 8.61.